The van der Waals surface area contributed by atoms with Crippen molar-refractivity contribution in [1.82, 2.24) is 15.6 Å². The Labute approximate surface area is 154 Å². The Balaban J connectivity index is 1.51. The van der Waals surface area contributed by atoms with E-state index < -0.39 is 0 Å². The molecule has 0 unspecified atom stereocenters. The fourth-order valence-corrected chi connectivity index (χ4v) is 3.90. The molecule has 2 aromatic heterocycles. The van der Waals surface area contributed by atoms with E-state index in [-0.39, 0.29) is 0 Å². The standard InChI is InChI=1S/C19H28N4OS/c1-15-12-21-18(25-15)14-23-19(20-10-9-17-8-5-11-24-17)22-13-16-6-3-2-4-7-16/h5,8,11-12,16H,2-4,6-7,9-10,13-14H2,1H3,(H2,20,22,23). The van der Waals surface area contributed by atoms with Crippen LogP contribution in [0.4, 0.5) is 0 Å². The molecule has 1 aliphatic carbocycles. The fraction of sp³-hybridized carbons (Fsp3) is 0.579. The number of hydrogen-bond donors (Lipinski definition) is 2. The zero-order valence-corrected chi connectivity index (χ0v) is 15.8. The van der Waals surface area contributed by atoms with Crippen LogP contribution in [0.15, 0.2) is 34.0 Å². The number of hydrogen-bond acceptors (Lipinski definition) is 4. The molecule has 5 nitrogen and oxygen atoms in total. The third-order valence-electron chi connectivity index (χ3n) is 4.57. The molecule has 2 aromatic rings. The molecule has 1 saturated carbocycles. The molecule has 0 aromatic carbocycles. The summed E-state index contributed by atoms with van der Waals surface area (Å²) >= 11 is 1.71. The van der Waals surface area contributed by atoms with E-state index in [2.05, 4.69) is 22.5 Å². The van der Waals surface area contributed by atoms with Gasteiger partial charge in [0.15, 0.2) is 5.96 Å². The number of aromatic nitrogens is 1. The van der Waals surface area contributed by atoms with Crippen molar-refractivity contribution in [3.8, 4) is 0 Å². The molecule has 0 aliphatic heterocycles. The minimum absolute atomic E-state index is 0.624. The number of rotatable bonds is 7. The molecule has 0 bridgehead atoms. The molecule has 0 saturated heterocycles. The van der Waals surface area contributed by atoms with Crippen molar-refractivity contribution in [2.45, 2.75) is 52.0 Å². The number of guanidine groups is 1. The van der Waals surface area contributed by atoms with Gasteiger partial charge in [0, 0.05) is 30.6 Å². The molecule has 2 N–H and O–H groups in total. The van der Waals surface area contributed by atoms with Gasteiger partial charge in [0.05, 0.1) is 12.8 Å². The molecule has 2 heterocycles. The summed E-state index contributed by atoms with van der Waals surface area (Å²) in [5.41, 5.74) is 0. The summed E-state index contributed by atoms with van der Waals surface area (Å²) in [5.74, 6) is 2.65. The molecule has 136 valence electrons. The van der Waals surface area contributed by atoms with E-state index >= 15 is 0 Å². The maximum absolute atomic E-state index is 5.39. The number of nitrogens with zero attached hydrogens (tertiary/aromatic N) is 2. The van der Waals surface area contributed by atoms with E-state index in [0.717, 1.165) is 42.2 Å². The lowest BCUT2D eigenvalue weighted by molar-refractivity contribution is 0.355. The van der Waals surface area contributed by atoms with E-state index in [9.17, 15) is 0 Å². The van der Waals surface area contributed by atoms with E-state index in [1.165, 1.54) is 37.0 Å². The molecule has 6 heteroatoms. The van der Waals surface area contributed by atoms with Gasteiger partial charge in [-0.1, -0.05) is 19.3 Å². The SMILES string of the molecule is Cc1cnc(CN=C(NCCc2ccco2)NCC2CCCCC2)s1. The van der Waals surface area contributed by atoms with Crippen LogP contribution in [0.1, 0.15) is 47.7 Å². The Morgan fingerprint density at radius 3 is 2.92 bits per heavy atom. The van der Waals surface area contributed by atoms with Crippen molar-refractivity contribution in [1.29, 1.82) is 0 Å². The van der Waals surface area contributed by atoms with Crippen molar-refractivity contribution in [2.75, 3.05) is 13.1 Å². The van der Waals surface area contributed by atoms with Gasteiger partial charge in [-0.2, -0.15) is 0 Å². The van der Waals surface area contributed by atoms with Crippen LogP contribution in [0.2, 0.25) is 0 Å². The van der Waals surface area contributed by atoms with Crippen LogP contribution in [0, 0.1) is 12.8 Å². The highest BCUT2D eigenvalue weighted by molar-refractivity contribution is 7.11. The van der Waals surface area contributed by atoms with Crippen molar-refractivity contribution >= 4 is 17.3 Å². The highest BCUT2D eigenvalue weighted by Crippen LogP contribution is 2.22. The molecule has 0 atom stereocenters. The first-order valence-corrected chi connectivity index (χ1v) is 10.1. The molecule has 3 rings (SSSR count). The molecular formula is C19H28N4OS. The van der Waals surface area contributed by atoms with Crippen molar-refractivity contribution in [2.24, 2.45) is 10.9 Å². The normalized spacial score (nSPS) is 16.1. The fourth-order valence-electron chi connectivity index (χ4n) is 3.19. The third-order valence-corrected chi connectivity index (χ3v) is 5.47. The minimum atomic E-state index is 0.624. The van der Waals surface area contributed by atoms with Crippen LogP contribution in [-0.4, -0.2) is 24.0 Å². The van der Waals surface area contributed by atoms with Crippen LogP contribution >= 0.6 is 11.3 Å². The molecule has 25 heavy (non-hydrogen) atoms. The number of aliphatic imine (C=N–C) groups is 1. The zero-order valence-electron chi connectivity index (χ0n) is 15.0. The Kier molecular flexibility index (Phi) is 6.91. The van der Waals surface area contributed by atoms with Gasteiger partial charge >= 0.3 is 0 Å². The summed E-state index contributed by atoms with van der Waals surface area (Å²) in [4.78, 5) is 10.4. The minimum Gasteiger partial charge on any atom is -0.469 e. The summed E-state index contributed by atoms with van der Waals surface area (Å²) in [6.07, 6.45) is 11.3. The van der Waals surface area contributed by atoms with E-state index in [1.807, 2.05) is 18.3 Å². The summed E-state index contributed by atoms with van der Waals surface area (Å²) in [5, 5.41) is 8.02. The van der Waals surface area contributed by atoms with Crippen LogP contribution in [0.5, 0.6) is 0 Å². The Bertz CT molecular complexity index is 644. The van der Waals surface area contributed by atoms with E-state index in [0.29, 0.717) is 6.54 Å². The van der Waals surface area contributed by atoms with Gasteiger partial charge in [-0.25, -0.2) is 9.98 Å². The van der Waals surface area contributed by atoms with Crippen LogP contribution in [-0.2, 0) is 13.0 Å². The highest BCUT2D eigenvalue weighted by atomic mass is 32.1. The Morgan fingerprint density at radius 2 is 2.20 bits per heavy atom. The largest absolute Gasteiger partial charge is 0.469 e. The smallest absolute Gasteiger partial charge is 0.191 e. The van der Waals surface area contributed by atoms with Crippen molar-refractivity contribution in [3.05, 3.63) is 40.2 Å². The van der Waals surface area contributed by atoms with Gasteiger partial charge in [0.25, 0.3) is 0 Å². The van der Waals surface area contributed by atoms with Crippen molar-refractivity contribution in [3.63, 3.8) is 0 Å². The lowest BCUT2D eigenvalue weighted by atomic mass is 9.89. The first-order valence-electron chi connectivity index (χ1n) is 9.25. The lowest BCUT2D eigenvalue weighted by Crippen LogP contribution is -2.41. The predicted octanol–water partition coefficient (Wildman–Crippen LogP) is 3.90. The second-order valence-electron chi connectivity index (χ2n) is 6.67. The van der Waals surface area contributed by atoms with Crippen LogP contribution < -0.4 is 10.6 Å². The number of thiazole rings is 1. The second-order valence-corrected chi connectivity index (χ2v) is 7.99. The van der Waals surface area contributed by atoms with Gasteiger partial charge in [0.2, 0.25) is 0 Å². The first kappa shape index (κ1) is 18.0. The van der Waals surface area contributed by atoms with Crippen molar-refractivity contribution < 1.29 is 4.42 Å². The predicted molar refractivity (Wildman–Crippen MR) is 103 cm³/mol. The van der Waals surface area contributed by atoms with Gasteiger partial charge in [-0.3, -0.25) is 0 Å². The topological polar surface area (TPSA) is 62.5 Å². The molecule has 0 amide bonds. The van der Waals surface area contributed by atoms with Gasteiger partial charge in [0.1, 0.15) is 10.8 Å². The van der Waals surface area contributed by atoms with Crippen LogP contribution in [0.3, 0.4) is 0 Å². The van der Waals surface area contributed by atoms with Gasteiger partial charge < -0.3 is 15.1 Å². The molecule has 0 spiro atoms. The maximum Gasteiger partial charge on any atom is 0.191 e. The summed E-state index contributed by atoms with van der Waals surface area (Å²) in [6.45, 7) is 4.51. The first-order chi connectivity index (χ1) is 12.3. The Hall–Kier alpha value is -1.82. The average Bonchev–Trinajstić information content (AvgIpc) is 3.29. The third kappa shape index (κ3) is 6.20. The summed E-state index contributed by atoms with van der Waals surface area (Å²) in [7, 11) is 0. The molecule has 1 aliphatic rings. The summed E-state index contributed by atoms with van der Waals surface area (Å²) in [6, 6.07) is 3.93. The number of furan rings is 1. The monoisotopic (exact) mass is 360 g/mol. The van der Waals surface area contributed by atoms with Crippen LogP contribution in [0.25, 0.3) is 0 Å². The van der Waals surface area contributed by atoms with E-state index in [1.54, 1.807) is 17.6 Å². The second kappa shape index (κ2) is 9.61. The van der Waals surface area contributed by atoms with Gasteiger partial charge in [-0.05, 0) is 37.8 Å². The zero-order chi connectivity index (χ0) is 17.3. The quantitative estimate of drug-likeness (QED) is 0.581. The van der Waals surface area contributed by atoms with E-state index in [4.69, 9.17) is 9.41 Å². The molecule has 1 fully saturated rings. The molecule has 0 radical (unpaired) electrons. The van der Waals surface area contributed by atoms with Gasteiger partial charge in [-0.15, -0.1) is 11.3 Å². The number of nitrogens with one attached hydrogen (secondary N) is 2. The Morgan fingerprint density at radius 1 is 1.32 bits per heavy atom. The lowest BCUT2D eigenvalue weighted by Gasteiger charge is -2.23. The number of aryl methyl sites for hydroxylation is 1. The average molecular weight is 361 g/mol. The summed E-state index contributed by atoms with van der Waals surface area (Å²) < 4.78 is 5.39. The molecular weight excluding hydrogens is 332 g/mol. The maximum atomic E-state index is 5.39. The highest BCUT2D eigenvalue weighted by Gasteiger charge is 2.13.